The lowest BCUT2D eigenvalue weighted by molar-refractivity contribution is 0.0952. The second kappa shape index (κ2) is 6.16. The molecule has 3 nitrogen and oxygen atoms in total. The van der Waals surface area contributed by atoms with E-state index in [9.17, 15) is 4.79 Å². The first-order chi connectivity index (χ1) is 6.74. The van der Waals surface area contributed by atoms with Gasteiger partial charge in [0.2, 0.25) is 0 Å². The van der Waals surface area contributed by atoms with E-state index in [0.29, 0.717) is 13.2 Å². The van der Waals surface area contributed by atoms with Crippen LogP contribution in [0.5, 0.6) is 0 Å². The third kappa shape index (κ3) is 3.77. The molecule has 0 aliphatic heterocycles. The number of carbonyl (C=O) groups excluding carboxylic acids is 1. The van der Waals surface area contributed by atoms with Crippen LogP contribution in [0.2, 0.25) is 0 Å². The minimum atomic E-state index is -0.0168. The SMILES string of the molecule is COCCCNC(=O)c1ccc(Br)s1. The largest absolute Gasteiger partial charge is 0.385 e. The molecule has 14 heavy (non-hydrogen) atoms. The summed E-state index contributed by atoms with van der Waals surface area (Å²) >= 11 is 4.75. The van der Waals surface area contributed by atoms with Crippen LogP contribution < -0.4 is 5.32 Å². The molecule has 0 saturated carbocycles. The number of halogens is 1. The first-order valence-corrected chi connectivity index (χ1v) is 5.87. The van der Waals surface area contributed by atoms with Gasteiger partial charge in [-0.3, -0.25) is 4.79 Å². The van der Waals surface area contributed by atoms with Crippen LogP contribution in [0.1, 0.15) is 16.1 Å². The predicted octanol–water partition coefficient (Wildman–Crippen LogP) is 2.28. The van der Waals surface area contributed by atoms with Crippen LogP contribution in [0.3, 0.4) is 0 Å². The first-order valence-electron chi connectivity index (χ1n) is 4.26. The van der Waals surface area contributed by atoms with Gasteiger partial charge in [-0.05, 0) is 34.5 Å². The number of hydrogen-bond donors (Lipinski definition) is 1. The molecule has 0 fully saturated rings. The number of methoxy groups -OCH3 is 1. The van der Waals surface area contributed by atoms with Gasteiger partial charge < -0.3 is 10.1 Å². The summed E-state index contributed by atoms with van der Waals surface area (Å²) in [6.45, 7) is 1.33. The number of ether oxygens (including phenoxy) is 1. The Morgan fingerprint density at radius 3 is 3.00 bits per heavy atom. The molecule has 5 heteroatoms. The Labute approximate surface area is 95.6 Å². The monoisotopic (exact) mass is 277 g/mol. The Kier molecular flexibility index (Phi) is 5.14. The highest BCUT2D eigenvalue weighted by Gasteiger charge is 2.06. The smallest absolute Gasteiger partial charge is 0.261 e. The number of rotatable bonds is 5. The molecule has 0 radical (unpaired) electrons. The highest BCUT2D eigenvalue weighted by molar-refractivity contribution is 9.11. The van der Waals surface area contributed by atoms with Crippen LogP contribution in [0.15, 0.2) is 15.9 Å². The maximum atomic E-state index is 11.5. The van der Waals surface area contributed by atoms with Gasteiger partial charge in [0.15, 0.2) is 0 Å². The van der Waals surface area contributed by atoms with E-state index in [1.807, 2.05) is 6.07 Å². The van der Waals surface area contributed by atoms with Crippen molar-refractivity contribution in [2.45, 2.75) is 6.42 Å². The summed E-state index contributed by atoms with van der Waals surface area (Å²) < 4.78 is 5.85. The fraction of sp³-hybridized carbons (Fsp3) is 0.444. The number of nitrogens with one attached hydrogen (secondary N) is 1. The van der Waals surface area contributed by atoms with Gasteiger partial charge in [-0.25, -0.2) is 0 Å². The van der Waals surface area contributed by atoms with Crippen LogP contribution in [0, 0.1) is 0 Å². The van der Waals surface area contributed by atoms with Crippen LogP contribution in [-0.2, 0) is 4.74 Å². The molecular formula is C9H12BrNO2S. The Morgan fingerprint density at radius 1 is 1.64 bits per heavy atom. The van der Waals surface area contributed by atoms with E-state index >= 15 is 0 Å². The highest BCUT2D eigenvalue weighted by Crippen LogP contribution is 2.21. The van der Waals surface area contributed by atoms with Gasteiger partial charge in [-0.2, -0.15) is 0 Å². The van der Waals surface area contributed by atoms with Gasteiger partial charge in [-0.1, -0.05) is 0 Å². The zero-order chi connectivity index (χ0) is 10.4. The molecule has 1 amide bonds. The quantitative estimate of drug-likeness (QED) is 0.839. The van der Waals surface area contributed by atoms with Crippen molar-refractivity contribution < 1.29 is 9.53 Å². The highest BCUT2D eigenvalue weighted by atomic mass is 79.9. The number of hydrogen-bond acceptors (Lipinski definition) is 3. The molecule has 0 aliphatic carbocycles. The molecule has 1 rings (SSSR count). The van der Waals surface area contributed by atoms with Crippen LogP contribution in [0.25, 0.3) is 0 Å². The van der Waals surface area contributed by atoms with E-state index < -0.39 is 0 Å². The summed E-state index contributed by atoms with van der Waals surface area (Å²) in [7, 11) is 1.65. The van der Waals surface area contributed by atoms with Crippen molar-refractivity contribution in [1.82, 2.24) is 5.32 Å². The third-order valence-corrected chi connectivity index (χ3v) is 3.23. The summed E-state index contributed by atoms with van der Waals surface area (Å²) in [5, 5.41) is 2.82. The summed E-state index contributed by atoms with van der Waals surface area (Å²) in [6.07, 6.45) is 0.842. The van der Waals surface area contributed by atoms with E-state index in [0.717, 1.165) is 15.1 Å². The van der Waals surface area contributed by atoms with Gasteiger partial charge in [0, 0.05) is 20.3 Å². The number of amides is 1. The lowest BCUT2D eigenvalue weighted by Gasteiger charge is -2.02. The molecule has 1 aromatic heterocycles. The maximum absolute atomic E-state index is 11.5. The van der Waals surface area contributed by atoms with E-state index in [1.54, 1.807) is 13.2 Å². The standard InChI is InChI=1S/C9H12BrNO2S/c1-13-6-2-5-11-9(12)7-3-4-8(10)14-7/h3-4H,2,5-6H2,1H3,(H,11,12). The fourth-order valence-corrected chi connectivity index (χ4v) is 2.24. The van der Waals surface area contributed by atoms with Crippen molar-refractivity contribution in [3.05, 3.63) is 20.8 Å². The molecule has 1 aromatic rings. The lowest BCUT2D eigenvalue weighted by atomic mass is 10.4. The van der Waals surface area contributed by atoms with E-state index in [2.05, 4.69) is 21.2 Å². The van der Waals surface area contributed by atoms with E-state index in [-0.39, 0.29) is 5.91 Å². The number of carbonyl (C=O) groups is 1. The van der Waals surface area contributed by atoms with Gasteiger partial charge in [0.05, 0.1) is 8.66 Å². The molecule has 78 valence electrons. The zero-order valence-electron chi connectivity index (χ0n) is 7.88. The molecule has 1 heterocycles. The van der Waals surface area contributed by atoms with Crippen molar-refractivity contribution >= 4 is 33.2 Å². The molecule has 1 N–H and O–H groups in total. The molecule has 0 saturated heterocycles. The summed E-state index contributed by atoms with van der Waals surface area (Å²) in [4.78, 5) is 12.2. The van der Waals surface area contributed by atoms with E-state index in [1.165, 1.54) is 11.3 Å². The van der Waals surface area contributed by atoms with Crippen LogP contribution >= 0.6 is 27.3 Å². The summed E-state index contributed by atoms with van der Waals surface area (Å²) in [5.74, 6) is -0.0168. The third-order valence-electron chi connectivity index (χ3n) is 1.61. The summed E-state index contributed by atoms with van der Waals surface area (Å²) in [5.41, 5.74) is 0. The second-order valence-corrected chi connectivity index (χ2v) is 5.17. The molecule has 0 aromatic carbocycles. The molecule has 0 atom stereocenters. The fourth-order valence-electron chi connectivity index (χ4n) is 0.942. The Bertz CT molecular complexity index is 301. The van der Waals surface area contributed by atoms with Crippen molar-refractivity contribution in [2.75, 3.05) is 20.3 Å². The van der Waals surface area contributed by atoms with E-state index in [4.69, 9.17) is 4.74 Å². The lowest BCUT2D eigenvalue weighted by Crippen LogP contribution is -2.24. The molecule has 0 spiro atoms. The minimum absolute atomic E-state index is 0.0168. The van der Waals surface area contributed by atoms with Crippen molar-refractivity contribution in [1.29, 1.82) is 0 Å². The van der Waals surface area contributed by atoms with Gasteiger partial charge in [-0.15, -0.1) is 11.3 Å². The average molecular weight is 278 g/mol. The van der Waals surface area contributed by atoms with Crippen molar-refractivity contribution in [3.63, 3.8) is 0 Å². The Balaban J connectivity index is 2.29. The minimum Gasteiger partial charge on any atom is -0.385 e. The van der Waals surface area contributed by atoms with Gasteiger partial charge in [0.25, 0.3) is 5.91 Å². The average Bonchev–Trinajstić information content (AvgIpc) is 2.59. The van der Waals surface area contributed by atoms with Crippen molar-refractivity contribution in [2.24, 2.45) is 0 Å². The predicted molar refractivity (Wildman–Crippen MR) is 60.8 cm³/mol. The number of thiophene rings is 1. The Morgan fingerprint density at radius 2 is 2.43 bits per heavy atom. The van der Waals surface area contributed by atoms with Crippen LogP contribution in [0.4, 0.5) is 0 Å². The molecule has 0 bridgehead atoms. The molecular weight excluding hydrogens is 266 g/mol. The van der Waals surface area contributed by atoms with Gasteiger partial charge >= 0.3 is 0 Å². The molecule has 0 aliphatic rings. The molecule has 0 unspecified atom stereocenters. The maximum Gasteiger partial charge on any atom is 0.261 e. The Hall–Kier alpha value is -0.390. The topological polar surface area (TPSA) is 38.3 Å². The first kappa shape index (κ1) is 11.7. The van der Waals surface area contributed by atoms with Gasteiger partial charge in [0.1, 0.15) is 0 Å². The van der Waals surface area contributed by atoms with Crippen LogP contribution in [-0.4, -0.2) is 26.2 Å². The van der Waals surface area contributed by atoms with Crippen molar-refractivity contribution in [3.8, 4) is 0 Å². The summed E-state index contributed by atoms with van der Waals surface area (Å²) in [6, 6.07) is 3.68. The normalized spacial score (nSPS) is 10.1. The zero-order valence-corrected chi connectivity index (χ0v) is 10.3. The second-order valence-electron chi connectivity index (χ2n) is 2.71.